The molecule has 0 heterocycles. The maximum absolute atomic E-state index is 11.2. The van der Waals surface area contributed by atoms with Gasteiger partial charge in [-0.05, 0) is 24.7 Å². The minimum absolute atomic E-state index is 0.126. The van der Waals surface area contributed by atoms with Crippen LogP contribution in [-0.2, 0) is 4.79 Å². The van der Waals surface area contributed by atoms with Crippen molar-refractivity contribution in [3.63, 3.8) is 0 Å². The van der Waals surface area contributed by atoms with E-state index in [1.165, 1.54) is 12.8 Å². The minimum Gasteiger partial charge on any atom is -0.355 e. The third kappa shape index (κ3) is 4.51. The van der Waals surface area contributed by atoms with Gasteiger partial charge in [-0.2, -0.15) is 0 Å². The molecule has 1 saturated carbocycles. The molecule has 3 heteroatoms. The zero-order chi connectivity index (χ0) is 9.84. The summed E-state index contributed by atoms with van der Waals surface area (Å²) in [6.45, 7) is 4.72. The number of hydrogen-bond donors (Lipinski definition) is 1. The van der Waals surface area contributed by atoms with Crippen LogP contribution in [0.5, 0.6) is 0 Å². The smallest absolute Gasteiger partial charge is 0.220 e. The predicted molar refractivity (Wildman–Crippen MR) is 54.8 cm³/mol. The number of hydrogen-bond acceptors (Lipinski definition) is 1. The molecule has 1 aliphatic rings. The summed E-state index contributed by atoms with van der Waals surface area (Å²) in [6.07, 6.45) is 3.07. The SMILES string of the molecule is CC(C)CC(=O)NCC(Cl)C1CC1. The zero-order valence-electron chi connectivity index (χ0n) is 8.35. The topological polar surface area (TPSA) is 29.1 Å². The van der Waals surface area contributed by atoms with Crippen molar-refractivity contribution < 1.29 is 4.79 Å². The van der Waals surface area contributed by atoms with E-state index in [-0.39, 0.29) is 11.3 Å². The van der Waals surface area contributed by atoms with Gasteiger partial charge in [0.05, 0.1) is 5.38 Å². The maximum atomic E-state index is 11.2. The van der Waals surface area contributed by atoms with Crippen LogP contribution >= 0.6 is 11.6 Å². The number of halogens is 1. The Bertz CT molecular complexity index is 178. The lowest BCUT2D eigenvalue weighted by molar-refractivity contribution is -0.121. The normalized spacial score (nSPS) is 18.8. The number of alkyl halides is 1. The van der Waals surface area contributed by atoms with Crippen molar-refractivity contribution in [2.24, 2.45) is 11.8 Å². The molecule has 1 unspecified atom stereocenters. The summed E-state index contributed by atoms with van der Waals surface area (Å²) in [7, 11) is 0. The van der Waals surface area contributed by atoms with Crippen LogP contribution in [0.2, 0.25) is 0 Å². The van der Waals surface area contributed by atoms with Gasteiger partial charge in [0.15, 0.2) is 0 Å². The predicted octanol–water partition coefficient (Wildman–Crippen LogP) is 2.17. The summed E-state index contributed by atoms with van der Waals surface area (Å²) in [5, 5.41) is 3.01. The number of carbonyl (C=O) groups excluding carboxylic acids is 1. The fourth-order valence-electron chi connectivity index (χ4n) is 1.28. The molecule has 0 radical (unpaired) electrons. The lowest BCUT2D eigenvalue weighted by atomic mass is 10.1. The van der Waals surface area contributed by atoms with Crippen LogP contribution in [0, 0.1) is 11.8 Å². The molecule has 0 aromatic heterocycles. The molecule has 0 saturated heterocycles. The van der Waals surface area contributed by atoms with Gasteiger partial charge in [-0.15, -0.1) is 11.6 Å². The first-order valence-corrected chi connectivity index (χ1v) is 5.44. The number of rotatable bonds is 5. The monoisotopic (exact) mass is 203 g/mol. The molecule has 0 aromatic rings. The molecule has 0 aromatic carbocycles. The van der Waals surface area contributed by atoms with E-state index in [1.807, 2.05) is 13.8 Å². The van der Waals surface area contributed by atoms with E-state index in [0.717, 1.165) is 0 Å². The third-order valence-corrected chi connectivity index (χ3v) is 2.73. The van der Waals surface area contributed by atoms with E-state index >= 15 is 0 Å². The summed E-state index contributed by atoms with van der Waals surface area (Å²) >= 11 is 6.04. The van der Waals surface area contributed by atoms with Crippen LogP contribution in [0.15, 0.2) is 0 Å². The average molecular weight is 204 g/mol. The van der Waals surface area contributed by atoms with Gasteiger partial charge in [-0.25, -0.2) is 0 Å². The summed E-state index contributed by atoms with van der Waals surface area (Å²) in [5.74, 6) is 1.21. The van der Waals surface area contributed by atoms with Crippen LogP contribution in [0.1, 0.15) is 33.1 Å². The van der Waals surface area contributed by atoms with Crippen molar-refractivity contribution in [2.75, 3.05) is 6.54 Å². The van der Waals surface area contributed by atoms with E-state index in [4.69, 9.17) is 11.6 Å². The molecular formula is C10H18ClNO. The number of carbonyl (C=O) groups is 1. The Balaban J connectivity index is 2.06. The van der Waals surface area contributed by atoms with Crippen LogP contribution < -0.4 is 5.32 Å². The van der Waals surface area contributed by atoms with Gasteiger partial charge in [-0.1, -0.05) is 13.8 Å². The first-order valence-electron chi connectivity index (χ1n) is 5.00. The molecule has 76 valence electrons. The Morgan fingerprint density at radius 3 is 2.62 bits per heavy atom. The molecule has 13 heavy (non-hydrogen) atoms. The van der Waals surface area contributed by atoms with Crippen LogP contribution in [-0.4, -0.2) is 17.8 Å². The lowest BCUT2D eigenvalue weighted by Gasteiger charge is -2.10. The molecule has 0 bridgehead atoms. The first-order chi connectivity index (χ1) is 6.09. The minimum atomic E-state index is 0.126. The zero-order valence-corrected chi connectivity index (χ0v) is 9.10. The van der Waals surface area contributed by atoms with Crippen molar-refractivity contribution in [1.82, 2.24) is 5.32 Å². The molecule has 1 N–H and O–H groups in total. The Kier molecular flexibility index (Phi) is 4.04. The summed E-state index contributed by atoms with van der Waals surface area (Å²) < 4.78 is 0. The van der Waals surface area contributed by atoms with E-state index in [1.54, 1.807) is 0 Å². The van der Waals surface area contributed by atoms with Crippen LogP contribution in [0.4, 0.5) is 0 Å². The highest BCUT2D eigenvalue weighted by Gasteiger charge is 2.29. The van der Waals surface area contributed by atoms with Crippen molar-refractivity contribution in [3.05, 3.63) is 0 Å². The highest BCUT2D eigenvalue weighted by Crippen LogP contribution is 2.35. The van der Waals surface area contributed by atoms with E-state index in [9.17, 15) is 4.79 Å². The lowest BCUT2D eigenvalue weighted by Crippen LogP contribution is -2.31. The average Bonchev–Trinajstić information content (AvgIpc) is 2.80. The van der Waals surface area contributed by atoms with E-state index in [0.29, 0.717) is 24.8 Å². The third-order valence-electron chi connectivity index (χ3n) is 2.22. The highest BCUT2D eigenvalue weighted by atomic mass is 35.5. The first kappa shape index (κ1) is 10.8. The van der Waals surface area contributed by atoms with Crippen molar-refractivity contribution in [1.29, 1.82) is 0 Å². The summed E-state index contributed by atoms with van der Waals surface area (Å²) in [4.78, 5) is 11.2. The largest absolute Gasteiger partial charge is 0.355 e. The molecule has 0 aliphatic heterocycles. The Labute approximate surface area is 85.0 Å². The molecule has 1 amide bonds. The molecule has 2 nitrogen and oxygen atoms in total. The quantitative estimate of drug-likeness (QED) is 0.682. The fraction of sp³-hybridized carbons (Fsp3) is 0.900. The Hall–Kier alpha value is -0.240. The van der Waals surface area contributed by atoms with Gasteiger partial charge < -0.3 is 5.32 Å². The van der Waals surface area contributed by atoms with E-state index in [2.05, 4.69) is 5.32 Å². The molecule has 1 aliphatic carbocycles. The highest BCUT2D eigenvalue weighted by molar-refractivity contribution is 6.21. The second-order valence-electron chi connectivity index (χ2n) is 4.26. The molecule has 1 rings (SSSR count). The van der Waals surface area contributed by atoms with Gasteiger partial charge in [0.2, 0.25) is 5.91 Å². The summed E-state index contributed by atoms with van der Waals surface area (Å²) in [5.41, 5.74) is 0. The second kappa shape index (κ2) is 4.85. The fourth-order valence-corrected chi connectivity index (χ4v) is 1.61. The second-order valence-corrected chi connectivity index (χ2v) is 4.82. The Morgan fingerprint density at radius 2 is 2.15 bits per heavy atom. The van der Waals surface area contributed by atoms with E-state index < -0.39 is 0 Å². The van der Waals surface area contributed by atoms with Gasteiger partial charge in [0.25, 0.3) is 0 Å². The van der Waals surface area contributed by atoms with Crippen molar-refractivity contribution in [3.8, 4) is 0 Å². The molecule has 0 spiro atoms. The summed E-state index contributed by atoms with van der Waals surface area (Å²) in [6, 6.07) is 0. The van der Waals surface area contributed by atoms with Gasteiger partial charge in [0.1, 0.15) is 0 Å². The molecular weight excluding hydrogens is 186 g/mol. The molecule has 1 atom stereocenters. The van der Waals surface area contributed by atoms with Crippen LogP contribution in [0.25, 0.3) is 0 Å². The van der Waals surface area contributed by atoms with Crippen molar-refractivity contribution in [2.45, 2.75) is 38.5 Å². The van der Waals surface area contributed by atoms with Crippen LogP contribution in [0.3, 0.4) is 0 Å². The van der Waals surface area contributed by atoms with Crippen molar-refractivity contribution >= 4 is 17.5 Å². The number of amides is 1. The standard InChI is InChI=1S/C10H18ClNO/c1-7(2)5-10(13)12-6-9(11)8-3-4-8/h7-9H,3-6H2,1-2H3,(H,12,13). The van der Waals surface area contributed by atoms with Gasteiger partial charge >= 0.3 is 0 Å². The molecule has 1 fully saturated rings. The number of nitrogens with one attached hydrogen (secondary N) is 1. The van der Waals surface area contributed by atoms with Gasteiger partial charge in [0, 0.05) is 13.0 Å². The maximum Gasteiger partial charge on any atom is 0.220 e. The van der Waals surface area contributed by atoms with Gasteiger partial charge in [-0.3, -0.25) is 4.79 Å². The Morgan fingerprint density at radius 1 is 1.54 bits per heavy atom.